The third-order valence-corrected chi connectivity index (χ3v) is 4.20. The highest BCUT2D eigenvalue weighted by molar-refractivity contribution is 6.15. The summed E-state index contributed by atoms with van der Waals surface area (Å²) in [4.78, 5) is 24.3. The van der Waals surface area contributed by atoms with Crippen molar-refractivity contribution >= 4 is 28.6 Å². The van der Waals surface area contributed by atoms with Crippen LogP contribution in [0.3, 0.4) is 0 Å². The molecule has 1 aliphatic heterocycles. The first-order valence-corrected chi connectivity index (χ1v) is 7.82. The van der Waals surface area contributed by atoms with Gasteiger partial charge in [0.2, 0.25) is 5.78 Å². The Morgan fingerprint density at radius 3 is 2.68 bits per heavy atom. The summed E-state index contributed by atoms with van der Waals surface area (Å²) in [5.74, 6) is -0.0340. The van der Waals surface area contributed by atoms with E-state index in [0.717, 1.165) is 16.3 Å². The lowest BCUT2D eigenvalue weighted by atomic mass is 10.0. The molecule has 0 aliphatic carbocycles. The van der Waals surface area contributed by atoms with Gasteiger partial charge in [-0.15, -0.1) is 0 Å². The Hall–Kier alpha value is -3.40. The minimum Gasteiger partial charge on any atom is -0.465 e. The van der Waals surface area contributed by atoms with Crippen molar-refractivity contribution in [3.63, 3.8) is 0 Å². The Labute approximate surface area is 144 Å². The lowest BCUT2D eigenvalue weighted by Gasteiger charge is -2.03. The predicted molar refractivity (Wildman–Crippen MR) is 94.7 cm³/mol. The summed E-state index contributed by atoms with van der Waals surface area (Å²) < 4.78 is 10.4. The number of allylic oxidation sites excluding steroid dienone is 1. The van der Waals surface area contributed by atoms with Crippen molar-refractivity contribution in [2.75, 3.05) is 7.11 Å². The minimum atomic E-state index is -0.484. The second-order valence-corrected chi connectivity index (χ2v) is 5.71. The summed E-state index contributed by atoms with van der Waals surface area (Å²) in [7, 11) is 1.31. The maximum Gasteiger partial charge on any atom is 0.337 e. The van der Waals surface area contributed by atoms with Crippen LogP contribution in [0.25, 0.3) is 16.8 Å². The smallest absolute Gasteiger partial charge is 0.337 e. The molecule has 0 bridgehead atoms. The van der Waals surface area contributed by atoms with Gasteiger partial charge in [0.15, 0.2) is 5.76 Å². The molecule has 0 radical (unpaired) electrons. The summed E-state index contributed by atoms with van der Waals surface area (Å²) in [6, 6.07) is 18.6. The Morgan fingerprint density at radius 2 is 1.84 bits per heavy atom. The van der Waals surface area contributed by atoms with E-state index >= 15 is 0 Å². The summed E-state index contributed by atoms with van der Waals surface area (Å²) in [5.41, 5.74) is 1.60. The second kappa shape index (κ2) is 5.91. The minimum absolute atomic E-state index is 0.242. The molecule has 0 saturated carbocycles. The van der Waals surface area contributed by atoms with Crippen LogP contribution in [0, 0.1) is 0 Å². The van der Waals surface area contributed by atoms with E-state index in [0.29, 0.717) is 16.9 Å². The molecule has 122 valence electrons. The molecule has 4 heteroatoms. The van der Waals surface area contributed by atoms with Crippen molar-refractivity contribution in [3.8, 4) is 5.75 Å². The van der Waals surface area contributed by atoms with Crippen LogP contribution in [-0.2, 0) is 4.74 Å². The molecule has 1 aliphatic rings. The van der Waals surface area contributed by atoms with Crippen molar-refractivity contribution in [2.45, 2.75) is 0 Å². The molecule has 0 fully saturated rings. The van der Waals surface area contributed by atoms with E-state index < -0.39 is 5.97 Å². The van der Waals surface area contributed by atoms with Crippen LogP contribution in [0.5, 0.6) is 5.75 Å². The van der Waals surface area contributed by atoms with Gasteiger partial charge < -0.3 is 9.47 Å². The molecule has 0 atom stereocenters. The fourth-order valence-corrected chi connectivity index (χ4v) is 2.95. The average molecular weight is 330 g/mol. The van der Waals surface area contributed by atoms with Crippen LogP contribution in [-0.4, -0.2) is 18.9 Å². The molecule has 0 aromatic heterocycles. The van der Waals surface area contributed by atoms with Crippen LogP contribution in [0.15, 0.2) is 66.4 Å². The van der Waals surface area contributed by atoms with E-state index in [1.54, 1.807) is 18.2 Å². The van der Waals surface area contributed by atoms with Gasteiger partial charge in [0, 0.05) is 0 Å². The highest BCUT2D eigenvalue weighted by atomic mass is 16.5. The van der Waals surface area contributed by atoms with Gasteiger partial charge in [-0.1, -0.05) is 42.5 Å². The molecular weight excluding hydrogens is 316 g/mol. The molecule has 3 aromatic rings. The van der Waals surface area contributed by atoms with E-state index in [1.807, 2.05) is 42.5 Å². The third-order valence-electron chi connectivity index (χ3n) is 4.20. The van der Waals surface area contributed by atoms with Gasteiger partial charge in [0.25, 0.3) is 0 Å². The molecule has 25 heavy (non-hydrogen) atoms. The Kier molecular flexibility index (Phi) is 3.58. The maximum absolute atomic E-state index is 12.7. The number of carbonyl (C=O) groups is 2. The number of ketones is 1. The maximum atomic E-state index is 12.7. The number of rotatable bonds is 2. The molecule has 0 amide bonds. The molecule has 0 N–H and O–H groups in total. The number of Topliss-reactive ketones (excluding diaryl/α,β-unsaturated/α-hetero) is 1. The number of hydrogen-bond acceptors (Lipinski definition) is 4. The van der Waals surface area contributed by atoms with E-state index in [2.05, 4.69) is 0 Å². The molecular formula is C21H14O4. The normalized spacial score (nSPS) is 14.4. The monoisotopic (exact) mass is 330 g/mol. The Morgan fingerprint density at radius 1 is 1.04 bits per heavy atom. The van der Waals surface area contributed by atoms with Crippen LogP contribution in [0.4, 0.5) is 0 Å². The zero-order valence-electron chi connectivity index (χ0n) is 13.5. The van der Waals surface area contributed by atoms with E-state index in [9.17, 15) is 9.59 Å². The van der Waals surface area contributed by atoms with Crippen molar-refractivity contribution in [3.05, 3.63) is 83.1 Å². The first-order valence-electron chi connectivity index (χ1n) is 7.82. The lowest BCUT2D eigenvalue weighted by molar-refractivity contribution is 0.0600. The topological polar surface area (TPSA) is 52.6 Å². The zero-order chi connectivity index (χ0) is 17.4. The number of benzene rings is 3. The number of carbonyl (C=O) groups excluding carboxylic acids is 2. The van der Waals surface area contributed by atoms with Gasteiger partial charge in [0.05, 0.1) is 18.2 Å². The van der Waals surface area contributed by atoms with Crippen molar-refractivity contribution in [1.29, 1.82) is 0 Å². The van der Waals surface area contributed by atoms with Crippen molar-refractivity contribution < 1.29 is 19.1 Å². The van der Waals surface area contributed by atoms with Crippen LogP contribution >= 0.6 is 0 Å². The largest absolute Gasteiger partial charge is 0.465 e. The average Bonchev–Trinajstić information content (AvgIpc) is 2.96. The fraction of sp³-hybridized carbons (Fsp3) is 0.0476. The molecule has 3 aromatic carbocycles. The molecule has 4 nitrogen and oxygen atoms in total. The quantitative estimate of drug-likeness (QED) is 0.521. The SMILES string of the molecule is COC(=O)c1ccc2c(c1)C(=O)/C(=C/c1cccc3ccccc13)O2. The Balaban J connectivity index is 1.76. The highest BCUT2D eigenvalue weighted by Gasteiger charge is 2.28. The number of ether oxygens (including phenoxy) is 2. The molecule has 1 heterocycles. The summed E-state index contributed by atoms with van der Waals surface area (Å²) in [5, 5.41) is 2.13. The molecule has 4 rings (SSSR count). The van der Waals surface area contributed by atoms with Crippen molar-refractivity contribution in [2.24, 2.45) is 0 Å². The number of methoxy groups -OCH3 is 1. The first-order chi connectivity index (χ1) is 12.2. The van der Waals surface area contributed by atoms with Gasteiger partial charge in [-0.3, -0.25) is 4.79 Å². The van der Waals surface area contributed by atoms with Gasteiger partial charge in [-0.25, -0.2) is 4.79 Å². The molecule has 0 saturated heterocycles. The standard InChI is InChI=1S/C21H14O4/c1-24-21(23)15-9-10-18-17(11-15)20(22)19(25-18)12-14-7-4-6-13-5-2-3-8-16(13)14/h2-12H,1H3/b19-12-. The summed E-state index contributed by atoms with van der Waals surface area (Å²) in [6.07, 6.45) is 1.74. The summed E-state index contributed by atoms with van der Waals surface area (Å²) in [6.45, 7) is 0. The fourth-order valence-electron chi connectivity index (χ4n) is 2.95. The predicted octanol–water partition coefficient (Wildman–Crippen LogP) is 4.24. The summed E-state index contributed by atoms with van der Waals surface area (Å²) >= 11 is 0. The van der Waals surface area contributed by atoms with E-state index in [4.69, 9.17) is 9.47 Å². The van der Waals surface area contributed by atoms with Gasteiger partial charge in [-0.05, 0) is 40.6 Å². The third kappa shape index (κ3) is 2.58. The van der Waals surface area contributed by atoms with Gasteiger partial charge >= 0.3 is 5.97 Å². The van der Waals surface area contributed by atoms with Gasteiger partial charge in [0.1, 0.15) is 5.75 Å². The van der Waals surface area contributed by atoms with E-state index in [1.165, 1.54) is 13.2 Å². The van der Waals surface area contributed by atoms with Gasteiger partial charge in [-0.2, -0.15) is 0 Å². The van der Waals surface area contributed by atoms with Crippen LogP contribution in [0.1, 0.15) is 26.3 Å². The number of fused-ring (bicyclic) bond motifs is 2. The molecule has 0 spiro atoms. The number of hydrogen-bond donors (Lipinski definition) is 0. The highest BCUT2D eigenvalue weighted by Crippen LogP contribution is 2.33. The molecule has 0 unspecified atom stereocenters. The first kappa shape index (κ1) is 15.1. The van der Waals surface area contributed by atoms with Crippen LogP contribution < -0.4 is 4.74 Å². The second-order valence-electron chi connectivity index (χ2n) is 5.71. The lowest BCUT2D eigenvalue weighted by Crippen LogP contribution is -2.03. The number of esters is 1. The van der Waals surface area contributed by atoms with Crippen molar-refractivity contribution in [1.82, 2.24) is 0 Å². The zero-order valence-corrected chi connectivity index (χ0v) is 13.5. The van der Waals surface area contributed by atoms with E-state index in [-0.39, 0.29) is 11.5 Å². The Bertz CT molecular complexity index is 1040. The van der Waals surface area contributed by atoms with Crippen LogP contribution in [0.2, 0.25) is 0 Å².